The highest BCUT2D eigenvalue weighted by atomic mass is 32.2. The number of rotatable bonds is 9. The molecule has 3 rings (SSSR count). The topological polar surface area (TPSA) is 101 Å². The van der Waals surface area contributed by atoms with E-state index in [0.29, 0.717) is 17.3 Å². The lowest BCUT2D eigenvalue weighted by Crippen LogP contribution is -2.35. The van der Waals surface area contributed by atoms with Crippen molar-refractivity contribution in [3.05, 3.63) is 66.0 Å². The maximum absolute atomic E-state index is 15.5. The molecule has 0 bridgehead atoms. The Morgan fingerprint density at radius 3 is 2.76 bits per heavy atom. The van der Waals surface area contributed by atoms with E-state index in [-0.39, 0.29) is 17.5 Å². The van der Waals surface area contributed by atoms with Crippen molar-refractivity contribution in [3.8, 4) is 0 Å². The van der Waals surface area contributed by atoms with Crippen LogP contribution in [0.4, 0.5) is 33.6 Å². The summed E-state index contributed by atoms with van der Waals surface area (Å²) in [5, 5.41) is 2.90. The minimum absolute atomic E-state index is 0.0214. The van der Waals surface area contributed by atoms with Crippen LogP contribution in [0.3, 0.4) is 0 Å². The monoisotopic (exact) mass is 503 g/mol. The van der Waals surface area contributed by atoms with Crippen molar-refractivity contribution >= 4 is 21.4 Å². The molecule has 2 N–H and O–H groups in total. The average Bonchev–Trinajstić information content (AvgIpc) is 2.70. The first kappa shape index (κ1) is 25.7. The predicted octanol–water partition coefficient (Wildman–Crippen LogP) is 5.32. The summed E-state index contributed by atoms with van der Waals surface area (Å²) in [6.07, 6.45) is -0.991. The van der Waals surface area contributed by atoms with Crippen molar-refractivity contribution < 1.29 is 30.9 Å². The van der Waals surface area contributed by atoms with Crippen LogP contribution in [0.5, 0.6) is 0 Å². The summed E-state index contributed by atoms with van der Waals surface area (Å²) in [4.78, 5) is 12.1. The van der Waals surface area contributed by atoms with Gasteiger partial charge >= 0.3 is 6.18 Å². The molecule has 13 heteroatoms. The summed E-state index contributed by atoms with van der Waals surface area (Å²) in [6.45, 7) is -0.594. The molecule has 1 aromatic carbocycles. The number of alkyl halides is 4. The summed E-state index contributed by atoms with van der Waals surface area (Å²) in [7, 11) is -2.75. The molecule has 1 aromatic heterocycles. The Labute approximate surface area is 193 Å². The Balaban J connectivity index is 1.78. The second kappa shape index (κ2) is 10.1. The highest BCUT2D eigenvalue weighted by Gasteiger charge is 2.43. The van der Waals surface area contributed by atoms with E-state index in [0.717, 1.165) is 18.5 Å². The van der Waals surface area contributed by atoms with Gasteiger partial charge in [0, 0.05) is 34.2 Å². The zero-order valence-electron chi connectivity index (χ0n) is 18.0. The van der Waals surface area contributed by atoms with Gasteiger partial charge in [-0.05, 0) is 30.2 Å². The SMILES string of the molecule is CS(=N)(=O)Cc1cccc(Nc2ncnc(C3C=CC(F)=CC3(F)OCCCC(F)(F)F)n2)c1. The van der Waals surface area contributed by atoms with Crippen LogP contribution in [-0.4, -0.2) is 44.1 Å². The van der Waals surface area contributed by atoms with Gasteiger partial charge in [0.25, 0.3) is 0 Å². The number of hydrogen-bond donors (Lipinski definition) is 2. The highest BCUT2D eigenvalue weighted by molar-refractivity contribution is 7.90. The van der Waals surface area contributed by atoms with E-state index in [1.165, 1.54) is 6.26 Å². The van der Waals surface area contributed by atoms with Crippen molar-refractivity contribution in [2.75, 3.05) is 18.2 Å². The number of aromatic nitrogens is 3. The molecule has 2 aromatic rings. The fourth-order valence-electron chi connectivity index (χ4n) is 3.25. The molecule has 0 fully saturated rings. The van der Waals surface area contributed by atoms with Crippen molar-refractivity contribution in [1.82, 2.24) is 15.0 Å². The summed E-state index contributed by atoms with van der Waals surface area (Å²) in [5.74, 6) is -5.13. The fraction of sp³-hybridized carbons (Fsp3) is 0.381. The molecule has 0 aliphatic heterocycles. The zero-order chi connectivity index (χ0) is 25.0. The molecule has 0 saturated heterocycles. The van der Waals surface area contributed by atoms with E-state index in [1.807, 2.05) is 0 Å². The highest BCUT2D eigenvalue weighted by Crippen LogP contribution is 2.39. The van der Waals surface area contributed by atoms with E-state index in [4.69, 9.17) is 9.52 Å². The Hall–Kier alpha value is -2.93. The molecular formula is C21H22F5N5O2S. The Morgan fingerprint density at radius 1 is 1.29 bits per heavy atom. The van der Waals surface area contributed by atoms with Crippen molar-refractivity contribution in [3.63, 3.8) is 0 Å². The quantitative estimate of drug-likeness (QED) is 0.355. The first-order valence-electron chi connectivity index (χ1n) is 10.1. The number of nitrogens with zero attached hydrogens (tertiary/aromatic N) is 3. The van der Waals surface area contributed by atoms with Gasteiger partial charge in [0.2, 0.25) is 11.8 Å². The molecule has 1 heterocycles. The molecule has 184 valence electrons. The molecule has 0 spiro atoms. The molecule has 34 heavy (non-hydrogen) atoms. The number of nitrogens with one attached hydrogen (secondary N) is 2. The number of ether oxygens (including phenoxy) is 1. The van der Waals surface area contributed by atoms with Gasteiger partial charge in [0.1, 0.15) is 23.9 Å². The summed E-state index contributed by atoms with van der Waals surface area (Å²) >= 11 is 0. The third-order valence-corrected chi connectivity index (χ3v) is 5.51. The molecular weight excluding hydrogens is 481 g/mol. The maximum Gasteiger partial charge on any atom is 0.389 e. The lowest BCUT2D eigenvalue weighted by molar-refractivity contribution is -0.152. The average molecular weight is 503 g/mol. The standard InChI is InChI=1S/C21H22F5N5O2S/c1-34(27,32)12-14-4-2-5-16(10-14)30-19-29-13-28-18(31-19)17-7-6-15(22)11-20(17,23)33-9-3-8-21(24,25)26/h2,4-7,10-11,13,17,27H,3,8-9,12H2,1H3,(H,28,29,30,31). The molecule has 1 aliphatic rings. The Bertz CT molecular complexity index is 1190. The van der Waals surface area contributed by atoms with E-state index in [2.05, 4.69) is 20.3 Å². The van der Waals surface area contributed by atoms with Gasteiger partial charge in [-0.2, -0.15) is 18.2 Å². The first-order valence-corrected chi connectivity index (χ1v) is 12.2. The second-order valence-corrected chi connectivity index (χ2v) is 10.1. The first-order chi connectivity index (χ1) is 15.8. The zero-order valence-corrected chi connectivity index (χ0v) is 18.8. The Kier molecular flexibility index (Phi) is 7.66. The lowest BCUT2D eigenvalue weighted by atomic mass is 9.93. The smallest absolute Gasteiger partial charge is 0.342 e. The van der Waals surface area contributed by atoms with Gasteiger partial charge in [-0.3, -0.25) is 4.78 Å². The minimum Gasteiger partial charge on any atom is -0.342 e. The summed E-state index contributed by atoms with van der Waals surface area (Å²) in [5.41, 5.74) is 1.16. The molecule has 1 aliphatic carbocycles. The normalized spacial score (nSPS) is 22.2. The number of allylic oxidation sites excluding steroid dienone is 2. The Morgan fingerprint density at radius 2 is 2.06 bits per heavy atom. The van der Waals surface area contributed by atoms with Crippen LogP contribution in [0.1, 0.15) is 30.1 Å². The van der Waals surface area contributed by atoms with Gasteiger partial charge in [-0.1, -0.05) is 18.2 Å². The van der Waals surface area contributed by atoms with Crippen molar-refractivity contribution in [1.29, 1.82) is 4.78 Å². The molecule has 3 atom stereocenters. The van der Waals surface area contributed by atoms with Crippen LogP contribution in [0.2, 0.25) is 0 Å². The van der Waals surface area contributed by atoms with Gasteiger partial charge in [0.05, 0.1) is 12.4 Å². The van der Waals surface area contributed by atoms with Gasteiger partial charge in [-0.25, -0.2) is 23.0 Å². The minimum atomic E-state index is -4.42. The van der Waals surface area contributed by atoms with E-state index in [9.17, 15) is 21.8 Å². The van der Waals surface area contributed by atoms with Crippen molar-refractivity contribution in [2.24, 2.45) is 0 Å². The summed E-state index contributed by atoms with van der Waals surface area (Å²) in [6, 6.07) is 6.73. The van der Waals surface area contributed by atoms with Crippen LogP contribution >= 0.6 is 0 Å². The van der Waals surface area contributed by atoms with E-state index >= 15 is 4.39 Å². The van der Waals surface area contributed by atoms with E-state index in [1.54, 1.807) is 24.3 Å². The molecule has 0 saturated carbocycles. The molecule has 0 radical (unpaired) electrons. The number of halogens is 5. The van der Waals surface area contributed by atoms with Crippen LogP contribution < -0.4 is 5.32 Å². The largest absolute Gasteiger partial charge is 0.389 e. The van der Waals surface area contributed by atoms with Gasteiger partial charge in [0.15, 0.2) is 0 Å². The second-order valence-electron chi connectivity index (χ2n) is 7.77. The number of benzene rings is 1. The van der Waals surface area contributed by atoms with Crippen molar-refractivity contribution in [2.45, 2.75) is 36.5 Å². The van der Waals surface area contributed by atoms with Crippen LogP contribution in [-0.2, 0) is 20.2 Å². The molecule has 0 amide bonds. The molecule has 3 unspecified atom stereocenters. The van der Waals surface area contributed by atoms with Crippen LogP contribution in [0.25, 0.3) is 0 Å². The predicted molar refractivity (Wildman–Crippen MR) is 116 cm³/mol. The third-order valence-electron chi connectivity index (χ3n) is 4.63. The lowest BCUT2D eigenvalue weighted by Gasteiger charge is -2.30. The summed E-state index contributed by atoms with van der Waals surface area (Å²) < 4.78 is 90.7. The van der Waals surface area contributed by atoms with E-state index < -0.39 is 53.0 Å². The third kappa shape index (κ3) is 7.55. The van der Waals surface area contributed by atoms with Gasteiger partial charge < -0.3 is 10.1 Å². The van der Waals surface area contributed by atoms with Crippen LogP contribution in [0, 0.1) is 4.78 Å². The number of anilines is 2. The van der Waals surface area contributed by atoms with Crippen LogP contribution in [0.15, 0.2) is 54.6 Å². The number of hydrogen-bond acceptors (Lipinski definition) is 7. The molecule has 7 nitrogen and oxygen atoms in total. The fourth-order valence-corrected chi connectivity index (χ4v) is 4.06. The van der Waals surface area contributed by atoms with Gasteiger partial charge in [-0.15, -0.1) is 0 Å². The maximum atomic E-state index is 15.5.